The van der Waals surface area contributed by atoms with Gasteiger partial charge in [0.15, 0.2) is 0 Å². The zero-order chi connectivity index (χ0) is 14.0. The Balaban J connectivity index is 2.59. The lowest BCUT2D eigenvalue weighted by molar-refractivity contribution is -0.133. The van der Waals surface area contributed by atoms with Crippen LogP contribution in [0, 0.1) is 5.41 Å². The van der Waals surface area contributed by atoms with Gasteiger partial charge in [0, 0.05) is 18.1 Å². The molecule has 4 heteroatoms. The maximum absolute atomic E-state index is 12.4. The van der Waals surface area contributed by atoms with E-state index in [0.717, 1.165) is 32.5 Å². The average Bonchev–Trinajstić information content (AvgIpc) is 2.27. The van der Waals surface area contributed by atoms with Crippen LogP contribution in [0.25, 0.3) is 0 Å². The van der Waals surface area contributed by atoms with E-state index in [-0.39, 0.29) is 11.9 Å². The third-order valence-electron chi connectivity index (χ3n) is 4.47. The highest BCUT2D eigenvalue weighted by Gasteiger charge is 2.41. The number of carbonyl (C=O) groups is 1. The smallest absolute Gasteiger partial charge is 0.227 e. The molecule has 1 unspecified atom stereocenters. The monoisotopic (exact) mass is 255 g/mol. The summed E-state index contributed by atoms with van der Waals surface area (Å²) in [5, 5.41) is 3.17. The van der Waals surface area contributed by atoms with Crippen LogP contribution >= 0.6 is 0 Å². The summed E-state index contributed by atoms with van der Waals surface area (Å²) in [5.74, 6) is 0.0675. The molecule has 4 nitrogen and oxygen atoms in total. The Hall–Kier alpha value is -0.610. The number of likely N-dealkylation sites (tertiary alicyclic amines) is 1. The van der Waals surface area contributed by atoms with Gasteiger partial charge in [-0.05, 0) is 53.6 Å². The summed E-state index contributed by atoms with van der Waals surface area (Å²) in [6.45, 7) is 13.0. The molecule has 1 fully saturated rings. The molecule has 0 aromatic carbocycles. The Morgan fingerprint density at radius 2 is 2.00 bits per heavy atom. The highest BCUT2D eigenvalue weighted by atomic mass is 16.2. The first kappa shape index (κ1) is 15.4. The Morgan fingerprint density at radius 3 is 2.50 bits per heavy atom. The number of nitrogens with two attached hydrogens (primary N) is 1. The zero-order valence-corrected chi connectivity index (χ0v) is 12.5. The number of rotatable bonds is 4. The summed E-state index contributed by atoms with van der Waals surface area (Å²) in [4.78, 5) is 14.7. The second kappa shape index (κ2) is 5.57. The van der Waals surface area contributed by atoms with Gasteiger partial charge >= 0.3 is 0 Å². The number of nitrogens with one attached hydrogen (secondary N) is 1. The van der Waals surface area contributed by atoms with E-state index in [1.165, 1.54) is 0 Å². The molecule has 0 saturated carbocycles. The van der Waals surface area contributed by atoms with Crippen molar-refractivity contribution in [1.29, 1.82) is 0 Å². The number of hydrogen-bond donors (Lipinski definition) is 2. The van der Waals surface area contributed by atoms with Crippen LogP contribution < -0.4 is 11.1 Å². The van der Waals surface area contributed by atoms with E-state index in [0.29, 0.717) is 0 Å². The van der Waals surface area contributed by atoms with Gasteiger partial charge in [0.1, 0.15) is 0 Å². The zero-order valence-electron chi connectivity index (χ0n) is 12.5. The van der Waals surface area contributed by atoms with Gasteiger partial charge in [-0.3, -0.25) is 4.79 Å². The molecule has 1 heterocycles. The molecule has 1 rings (SSSR count). The number of hydrogen-bond acceptors (Lipinski definition) is 3. The van der Waals surface area contributed by atoms with Crippen LogP contribution in [0.3, 0.4) is 0 Å². The molecular formula is C14H29N3O. The van der Waals surface area contributed by atoms with Crippen molar-refractivity contribution in [2.75, 3.05) is 19.6 Å². The van der Waals surface area contributed by atoms with E-state index in [9.17, 15) is 4.79 Å². The highest BCUT2D eigenvalue weighted by molar-refractivity contribution is 5.83. The first-order valence-corrected chi connectivity index (χ1v) is 7.00. The molecule has 1 amide bonds. The Labute approximate surface area is 111 Å². The molecule has 18 heavy (non-hydrogen) atoms. The Kier molecular flexibility index (Phi) is 4.78. The molecule has 0 aromatic rings. The van der Waals surface area contributed by atoms with Crippen molar-refractivity contribution in [3.8, 4) is 0 Å². The van der Waals surface area contributed by atoms with Crippen LogP contribution in [0.15, 0.2) is 0 Å². The van der Waals surface area contributed by atoms with Crippen LogP contribution in [-0.2, 0) is 4.79 Å². The normalized spacial score (nSPS) is 22.9. The van der Waals surface area contributed by atoms with E-state index in [1.54, 1.807) is 0 Å². The Bertz CT molecular complexity index is 294. The van der Waals surface area contributed by atoms with Crippen molar-refractivity contribution in [2.24, 2.45) is 11.1 Å². The maximum Gasteiger partial charge on any atom is 0.227 e. The summed E-state index contributed by atoms with van der Waals surface area (Å²) in [7, 11) is 0. The second-order valence-electron chi connectivity index (χ2n) is 6.55. The number of nitrogens with zero attached hydrogens (tertiary/aromatic N) is 1. The van der Waals surface area contributed by atoms with E-state index in [1.807, 2.05) is 27.7 Å². The van der Waals surface area contributed by atoms with Crippen molar-refractivity contribution in [3.05, 3.63) is 0 Å². The van der Waals surface area contributed by atoms with E-state index in [2.05, 4.69) is 17.1 Å². The first-order chi connectivity index (χ1) is 8.18. The van der Waals surface area contributed by atoms with E-state index >= 15 is 0 Å². The van der Waals surface area contributed by atoms with Crippen molar-refractivity contribution in [3.63, 3.8) is 0 Å². The fourth-order valence-corrected chi connectivity index (χ4v) is 2.12. The summed E-state index contributed by atoms with van der Waals surface area (Å²) in [6.07, 6.45) is 2.23. The number of amides is 1. The quantitative estimate of drug-likeness (QED) is 0.797. The van der Waals surface area contributed by atoms with Crippen LogP contribution in [0.2, 0.25) is 0 Å². The molecular weight excluding hydrogens is 226 g/mol. The summed E-state index contributed by atoms with van der Waals surface area (Å²) < 4.78 is 0. The molecule has 0 aliphatic carbocycles. The lowest BCUT2D eigenvalue weighted by Gasteiger charge is -2.39. The van der Waals surface area contributed by atoms with Gasteiger partial charge in [-0.2, -0.15) is 0 Å². The molecule has 0 aromatic heterocycles. The fourth-order valence-electron chi connectivity index (χ4n) is 2.12. The van der Waals surface area contributed by atoms with Gasteiger partial charge in [0.2, 0.25) is 5.91 Å². The largest absolute Gasteiger partial charge is 0.352 e. The summed E-state index contributed by atoms with van der Waals surface area (Å²) in [6, 6.07) is 0.271. The van der Waals surface area contributed by atoms with Crippen LogP contribution in [0.5, 0.6) is 0 Å². The average molecular weight is 255 g/mol. The molecule has 0 bridgehead atoms. The van der Waals surface area contributed by atoms with Crippen LogP contribution in [0.1, 0.15) is 47.5 Å². The molecule has 0 spiro atoms. The van der Waals surface area contributed by atoms with Gasteiger partial charge in [0.05, 0.1) is 5.41 Å². The van der Waals surface area contributed by atoms with Crippen molar-refractivity contribution in [2.45, 2.75) is 59.0 Å². The van der Waals surface area contributed by atoms with Gasteiger partial charge in [-0.15, -0.1) is 0 Å². The van der Waals surface area contributed by atoms with Crippen molar-refractivity contribution >= 4 is 5.91 Å². The van der Waals surface area contributed by atoms with E-state index in [4.69, 9.17) is 5.73 Å². The predicted molar refractivity (Wildman–Crippen MR) is 75.3 cm³/mol. The molecule has 1 saturated heterocycles. The molecule has 1 aliphatic heterocycles. The van der Waals surface area contributed by atoms with Crippen molar-refractivity contribution < 1.29 is 4.79 Å². The van der Waals surface area contributed by atoms with Gasteiger partial charge < -0.3 is 16.0 Å². The minimum Gasteiger partial charge on any atom is -0.352 e. The van der Waals surface area contributed by atoms with Crippen LogP contribution in [0.4, 0.5) is 0 Å². The van der Waals surface area contributed by atoms with Gasteiger partial charge in [-0.25, -0.2) is 0 Å². The molecule has 0 radical (unpaired) electrons. The van der Waals surface area contributed by atoms with Gasteiger partial charge in [0.25, 0.3) is 0 Å². The topological polar surface area (TPSA) is 58.4 Å². The highest BCUT2D eigenvalue weighted by Crippen LogP contribution is 2.28. The van der Waals surface area contributed by atoms with Gasteiger partial charge in [-0.1, -0.05) is 6.92 Å². The second-order valence-corrected chi connectivity index (χ2v) is 6.55. The molecule has 3 N–H and O–H groups in total. The number of likely N-dealkylation sites (N-methyl/N-ethyl adjacent to an activating group) is 1. The summed E-state index contributed by atoms with van der Waals surface area (Å²) in [5.41, 5.74) is 5.03. The number of carbonyl (C=O) groups excluding carboxylic acids is 1. The third-order valence-corrected chi connectivity index (χ3v) is 4.47. The molecule has 106 valence electrons. The molecule has 1 atom stereocenters. The predicted octanol–water partition coefficient (Wildman–Crippen LogP) is 1.35. The van der Waals surface area contributed by atoms with Crippen LogP contribution in [-0.4, -0.2) is 42.0 Å². The van der Waals surface area contributed by atoms with Crippen molar-refractivity contribution in [1.82, 2.24) is 10.2 Å². The standard InChI is InChI=1S/C14H29N3O/c1-6-17-9-7-8-11(10-17)16-12(18)13(2,3)14(4,5)15/h11H,6-10,15H2,1-5H3,(H,16,18). The fraction of sp³-hybridized carbons (Fsp3) is 0.929. The lowest BCUT2D eigenvalue weighted by atomic mass is 9.74. The summed E-state index contributed by atoms with van der Waals surface area (Å²) >= 11 is 0. The van der Waals surface area contributed by atoms with E-state index < -0.39 is 11.0 Å². The maximum atomic E-state index is 12.4. The third kappa shape index (κ3) is 3.45. The lowest BCUT2D eigenvalue weighted by Crippen LogP contribution is -2.58. The SMILES string of the molecule is CCN1CCCC(NC(=O)C(C)(C)C(C)(C)N)C1. The molecule has 1 aliphatic rings. The Morgan fingerprint density at radius 1 is 1.39 bits per heavy atom. The number of piperidine rings is 1. The minimum atomic E-state index is -0.554. The first-order valence-electron chi connectivity index (χ1n) is 7.00. The minimum absolute atomic E-state index is 0.0675.